The molecular weight excluding hydrogens is 819 g/mol. The second-order valence-corrected chi connectivity index (χ2v) is 18.5. The van der Waals surface area contributed by atoms with Gasteiger partial charge in [-0.3, -0.25) is 0 Å². The Morgan fingerprint density at radius 2 is 0.779 bits per heavy atom. The lowest BCUT2D eigenvalue weighted by Crippen LogP contribution is -2.28. The van der Waals surface area contributed by atoms with Gasteiger partial charge in [0.25, 0.3) is 0 Å². The van der Waals surface area contributed by atoms with E-state index in [9.17, 15) is 0 Å². The van der Waals surface area contributed by atoms with E-state index in [4.69, 9.17) is 0 Å². The molecule has 0 radical (unpaired) electrons. The van der Waals surface area contributed by atoms with Crippen molar-refractivity contribution in [1.29, 1.82) is 0 Å². The fourth-order valence-corrected chi connectivity index (χ4v) is 12.0. The molecule has 0 N–H and O–H groups in total. The SMILES string of the molecule is CC1(c2ccccc2)c2cc(N(c3cccc(-c4cccc5ccccc45)c3)c3ccc4c(c3)C(c3ccccc3)(c3ccccc3)c3ccccc3-4)ccc2-c2c(-c3ccccc3)cccc21. The number of rotatable bonds is 8. The van der Waals surface area contributed by atoms with E-state index in [0.717, 1.165) is 17.1 Å². The molecule has 0 spiro atoms. The van der Waals surface area contributed by atoms with Crippen molar-refractivity contribution in [3.05, 3.63) is 306 Å². The normalized spacial score (nSPS) is 15.0. The van der Waals surface area contributed by atoms with Gasteiger partial charge in [0.05, 0.1) is 5.41 Å². The molecule has 11 aromatic carbocycles. The van der Waals surface area contributed by atoms with Crippen molar-refractivity contribution in [3.8, 4) is 44.5 Å². The van der Waals surface area contributed by atoms with Crippen LogP contribution in [-0.2, 0) is 10.8 Å². The van der Waals surface area contributed by atoms with Crippen molar-refractivity contribution in [1.82, 2.24) is 0 Å². The van der Waals surface area contributed by atoms with Gasteiger partial charge in [-0.2, -0.15) is 0 Å². The first-order valence-corrected chi connectivity index (χ1v) is 23.8. The summed E-state index contributed by atoms with van der Waals surface area (Å²) in [5.74, 6) is 0. The highest BCUT2D eigenvalue weighted by Gasteiger charge is 2.47. The Balaban J connectivity index is 1.08. The van der Waals surface area contributed by atoms with E-state index in [-0.39, 0.29) is 0 Å². The van der Waals surface area contributed by atoms with Gasteiger partial charge in [-0.25, -0.2) is 0 Å². The monoisotopic (exact) mass is 865 g/mol. The standard InChI is InChI=1S/C67H47N/c1-66(49-26-8-3-9-27-49)62-38-20-36-57(47-21-6-2-7-22-47)65(62)60-42-40-53(44-63(60)66)68(52-32-18-25-48(43-52)56-35-19-24-46-23-14-15-33-55(46)56)54-39-41-59-58-34-16-17-37-61(58)67(64(59)45-54,50-28-10-4-11-29-50)51-30-12-5-13-31-51/h2-45H,1H3. The van der Waals surface area contributed by atoms with Gasteiger partial charge in [0.2, 0.25) is 0 Å². The molecule has 0 bridgehead atoms. The maximum absolute atomic E-state index is 2.51. The van der Waals surface area contributed by atoms with E-state index in [1.165, 1.54) is 94.2 Å². The smallest absolute Gasteiger partial charge is 0.0714 e. The van der Waals surface area contributed by atoms with Crippen molar-refractivity contribution < 1.29 is 0 Å². The molecule has 68 heavy (non-hydrogen) atoms. The van der Waals surface area contributed by atoms with Gasteiger partial charge >= 0.3 is 0 Å². The Bertz CT molecular complexity index is 3640. The molecule has 0 heterocycles. The van der Waals surface area contributed by atoms with Gasteiger partial charge in [0.1, 0.15) is 0 Å². The summed E-state index contributed by atoms with van der Waals surface area (Å²) in [6, 6.07) is 99.1. The quantitative estimate of drug-likeness (QED) is 0.147. The molecule has 2 aliphatic carbocycles. The lowest BCUT2D eigenvalue weighted by molar-refractivity contribution is 0.714. The average molecular weight is 866 g/mol. The second kappa shape index (κ2) is 15.8. The van der Waals surface area contributed by atoms with Gasteiger partial charge in [-0.1, -0.05) is 231 Å². The minimum Gasteiger partial charge on any atom is -0.310 e. The Kier molecular flexibility index (Phi) is 9.27. The van der Waals surface area contributed by atoms with Gasteiger partial charge in [-0.05, 0) is 138 Å². The molecule has 11 aromatic rings. The summed E-state index contributed by atoms with van der Waals surface area (Å²) in [6.45, 7) is 2.43. The molecule has 320 valence electrons. The molecule has 0 fully saturated rings. The molecule has 2 aliphatic rings. The van der Waals surface area contributed by atoms with Crippen LogP contribution in [0.15, 0.2) is 267 Å². The Labute approximate surface area is 398 Å². The number of anilines is 3. The third-order valence-corrected chi connectivity index (χ3v) is 15.0. The van der Waals surface area contributed by atoms with E-state index >= 15 is 0 Å². The zero-order valence-electron chi connectivity index (χ0n) is 37.9. The van der Waals surface area contributed by atoms with Crippen molar-refractivity contribution in [2.45, 2.75) is 17.8 Å². The minimum atomic E-state index is -0.541. The van der Waals surface area contributed by atoms with Crippen LogP contribution in [0.25, 0.3) is 55.3 Å². The molecule has 1 nitrogen and oxygen atoms in total. The third-order valence-electron chi connectivity index (χ3n) is 15.0. The molecule has 0 amide bonds. The molecule has 1 unspecified atom stereocenters. The molecule has 0 aromatic heterocycles. The lowest BCUT2D eigenvalue weighted by Gasteiger charge is -2.35. The maximum Gasteiger partial charge on any atom is 0.0714 e. The highest BCUT2D eigenvalue weighted by molar-refractivity contribution is 5.99. The summed E-state index contributed by atoms with van der Waals surface area (Å²) in [4.78, 5) is 2.51. The topological polar surface area (TPSA) is 3.24 Å². The molecule has 13 rings (SSSR count). The van der Waals surface area contributed by atoms with Crippen LogP contribution >= 0.6 is 0 Å². The number of benzene rings is 11. The second-order valence-electron chi connectivity index (χ2n) is 18.5. The Hall–Kier alpha value is -8.52. The molecule has 0 aliphatic heterocycles. The molecule has 0 saturated heterocycles. The highest BCUT2D eigenvalue weighted by atomic mass is 15.1. The number of hydrogen-bond acceptors (Lipinski definition) is 1. The largest absolute Gasteiger partial charge is 0.310 e. The number of fused-ring (bicyclic) bond motifs is 7. The first kappa shape index (κ1) is 39.8. The fourth-order valence-electron chi connectivity index (χ4n) is 12.0. The molecule has 1 atom stereocenters. The fraction of sp³-hybridized carbons (Fsp3) is 0.0448. The predicted octanol–water partition coefficient (Wildman–Crippen LogP) is 17.3. The van der Waals surface area contributed by atoms with Crippen molar-refractivity contribution in [2.75, 3.05) is 4.90 Å². The van der Waals surface area contributed by atoms with Crippen LogP contribution in [0, 0.1) is 0 Å². The number of nitrogens with zero attached hydrogens (tertiary/aromatic N) is 1. The molecule has 1 heteroatoms. The van der Waals surface area contributed by atoms with Crippen LogP contribution < -0.4 is 4.90 Å². The zero-order valence-corrected chi connectivity index (χ0v) is 37.9. The van der Waals surface area contributed by atoms with E-state index in [1.807, 2.05) is 0 Å². The Morgan fingerprint density at radius 3 is 1.51 bits per heavy atom. The third kappa shape index (κ3) is 5.95. The van der Waals surface area contributed by atoms with Crippen LogP contribution in [0.5, 0.6) is 0 Å². The van der Waals surface area contributed by atoms with Crippen LogP contribution in [-0.4, -0.2) is 0 Å². The van der Waals surface area contributed by atoms with Gasteiger partial charge in [-0.15, -0.1) is 0 Å². The zero-order chi connectivity index (χ0) is 45.2. The van der Waals surface area contributed by atoms with Gasteiger partial charge in [0.15, 0.2) is 0 Å². The average Bonchev–Trinajstić information content (AvgIpc) is 3.86. The van der Waals surface area contributed by atoms with Crippen LogP contribution in [0.3, 0.4) is 0 Å². The predicted molar refractivity (Wildman–Crippen MR) is 284 cm³/mol. The Morgan fingerprint density at radius 1 is 0.294 bits per heavy atom. The molecular formula is C67H47N. The summed E-state index contributed by atoms with van der Waals surface area (Å²) in [5, 5.41) is 2.48. The van der Waals surface area contributed by atoms with E-state index in [2.05, 4.69) is 279 Å². The molecule has 0 saturated carbocycles. The summed E-state index contributed by atoms with van der Waals surface area (Å²) >= 11 is 0. The summed E-state index contributed by atoms with van der Waals surface area (Å²) < 4.78 is 0. The van der Waals surface area contributed by atoms with Crippen LogP contribution in [0.2, 0.25) is 0 Å². The maximum atomic E-state index is 2.51. The van der Waals surface area contributed by atoms with E-state index in [1.54, 1.807) is 0 Å². The van der Waals surface area contributed by atoms with E-state index in [0.29, 0.717) is 0 Å². The first-order valence-electron chi connectivity index (χ1n) is 23.8. The summed E-state index contributed by atoms with van der Waals surface area (Å²) in [5.41, 5.74) is 21.3. The van der Waals surface area contributed by atoms with Crippen molar-refractivity contribution in [3.63, 3.8) is 0 Å². The number of hydrogen-bond donors (Lipinski definition) is 0. The van der Waals surface area contributed by atoms with E-state index < -0.39 is 10.8 Å². The minimum absolute atomic E-state index is 0.418. The summed E-state index contributed by atoms with van der Waals surface area (Å²) in [7, 11) is 0. The van der Waals surface area contributed by atoms with Gasteiger partial charge < -0.3 is 4.90 Å². The highest BCUT2D eigenvalue weighted by Crippen LogP contribution is 2.59. The van der Waals surface area contributed by atoms with Crippen molar-refractivity contribution >= 4 is 27.8 Å². The first-order chi connectivity index (χ1) is 33.6. The summed E-state index contributed by atoms with van der Waals surface area (Å²) in [6.07, 6.45) is 0. The van der Waals surface area contributed by atoms with Crippen LogP contribution in [0.1, 0.15) is 45.9 Å². The van der Waals surface area contributed by atoms with Gasteiger partial charge in [0, 0.05) is 22.5 Å². The van der Waals surface area contributed by atoms with Crippen LogP contribution in [0.4, 0.5) is 17.1 Å². The lowest BCUT2D eigenvalue weighted by atomic mass is 9.67. The van der Waals surface area contributed by atoms with Crippen molar-refractivity contribution in [2.24, 2.45) is 0 Å².